The van der Waals surface area contributed by atoms with Crippen LogP contribution in [-0.4, -0.2) is 17.9 Å². The van der Waals surface area contributed by atoms with E-state index in [2.05, 4.69) is 5.32 Å². The molecule has 8 heteroatoms. The maximum absolute atomic E-state index is 13.8. The van der Waals surface area contributed by atoms with Gasteiger partial charge in [0.05, 0.1) is 5.56 Å². The molecule has 1 unspecified atom stereocenters. The fourth-order valence-electron chi connectivity index (χ4n) is 4.60. The number of carbonyl (C=O) groups excluding carboxylic acids is 2. The third-order valence-corrected chi connectivity index (χ3v) is 6.40. The number of anilines is 1. The number of halogens is 3. The average Bonchev–Trinajstić information content (AvgIpc) is 2.92. The van der Waals surface area contributed by atoms with Crippen molar-refractivity contribution in [2.45, 2.75) is 50.4 Å². The normalized spacial score (nSPS) is 14.7. The van der Waals surface area contributed by atoms with E-state index in [9.17, 15) is 22.8 Å². The number of alkyl halides is 3. The van der Waals surface area contributed by atoms with Gasteiger partial charge in [0.25, 0.3) is 0 Å². The Morgan fingerprint density at radius 1 is 0.921 bits per heavy atom. The molecule has 1 atom stereocenters. The van der Waals surface area contributed by atoms with E-state index in [1.807, 2.05) is 12.0 Å². The second-order valence-electron chi connectivity index (χ2n) is 9.10. The van der Waals surface area contributed by atoms with Gasteiger partial charge < -0.3 is 10.1 Å². The summed E-state index contributed by atoms with van der Waals surface area (Å²) in [5.41, 5.74) is -0.758. The van der Waals surface area contributed by atoms with Crippen molar-refractivity contribution in [2.24, 2.45) is 0 Å². The monoisotopic (exact) mass is 520 g/mol. The summed E-state index contributed by atoms with van der Waals surface area (Å²) < 4.78 is 46.5. The summed E-state index contributed by atoms with van der Waals surface area (Å²) in [6.07, 6.45) is 5.34. The Morgan fingerprint density at radius 2 is 1.61 bits per heavy atom. The summed E-state index contributed by atoms with van der Waals surface area (Å²) in [5, 5.41) is 3.00. The van der Waals surface area contributed by atoms with Gasteiger partial charge in [-0.05, 0) is 66.8 Å². The van der Waals surface area contributed by atoms with Crippen LogP contribution < -0.4 is 15.0 Å². The molecule has 1 N–H and O–H groups in total. The zero-order chi connectivity index (χ0) is 27.1. The van der Waals surface area contributed by atoms with E-state index in [0.717, 1.165) is 49.1 Å². The number of hydrogen-bond acceptors (Lipinski definition) is 3. The molecular weight excluding hydrogens is 493 g/mol. The second kappa shape index (κ2) is 11.9. The van der Waals surface area contributed by atoms with Gasteiger partial charge in [-0.2, -0.15) is 13.2 Å². The van der Waals surface area contributed by atoms with E-state index in [4.69, 9.17) is 11.2 Å². The first-order chi connectivity index (χ1) is 18.3. The van der Waals surface area contributed by atoms with Crippen molar-refractivity contribution < 1.29 is 27.5 Å². The lowest BCUT2D eigenvalue weighted by molar-refractivity contribution is -0.137. The summed E-state index contributed by atoms with van der Waals surface area (Å²) in [6, 6.07) is 18.3. The van der Waals surface area contributed by atoms with Crippen molar-refractivity contribution in [2.75, 3.05) is 4.90 Å². The Kier molecular flexibility index (Phi) is 8.37. The van der Waals surface area contributed by atoms with Gasteiger partial charge in [0.15, 0.2) is 0 Å². The van der Waals surface area contributed by atoms with E-state index in [-0.39, 0.29) is 11.7 Å². The highest BCUT2D eigenvalue weighted by molar-refractivity contribution is 6.09. The van der Waals surface area contributed by atoms with Crippen LogP contribution in [0.1, 0.15) is 49.3 Å². The van der Waals surface area contributed by atoms with E-state index < -0.39 is 29.6 Å². The van der Waals surface area contributed by atoms with Crippen molar-refractivity contribution in [3.63, 3.8) is 0 Å². The molecule has 0 spiro atoms. The van der Waals surface area contributed by atoms with Gasteiger partial charge >= 0.3 is 12.1 Å². The molecule has 4 rings (SSSR count). The lowest BCUT2D eigenvalue weighted by Crippen LogP contribution is -2.47. The minimum atomic E-state index is -4.65. The Bertz CT molecular complexity index is 1310. The van der Waals surface area contributed by atoms with Crippen LogP contribution in [0.4, 0.5) is 18.9 Å². The van der Waals surface area contributed by atoms with Crippen molar-refractivity contribution >= 4 is 17.5 Å². The molecule has 3 aromatic rings. The number of ether oxygens (including phenoxy) is 1. The number of para-hydroxylation sites is 1. The van der Waals surface area contributed by atoms with Crippen molar-refractivity contribution in [1.82, 2.24) is 5.32 Å². The van der Waals surface area contributed by atoms with Crippen LogP contribution >= 0.6 is 0 Å². The Balaban J connectivity index is 1.78. The fraction of sp³-hybridized carbons (Fsp3) is 0.267. The molecule has 196 valence electrons. The Morgan fingerprint density at radius 3 is 2.29 bits per heavy atom. The number of benzene rings is 3. The van der Waals surface area contributed by atoms with E-state index in [1.165, 1.54) is 12.1 Å². The third-order valence-electron chi connectivity index (χ3n) is 6.40. The number of terminal acetylenes is 1. The largest absolute Gasteiger partial charge is 0.457 e. The molecule has 2 amide bonds. The zero-order valence-corrected chi connectivity index (χ0v) is 20.6. The number of amides is 2. The number of nitrogens with one attached hydrogen (secondary N) is 1. The standard InChI is InChI=1S/C30H27F3N2O3/c1-2-27(36)35(24-15-10-12-22(20-24)30(31,32)33)28(29(37)34-23-13-5-3-6-14-23)21-11-9-18-26(19-21)38-25-16-7-4-8-17-25/h1,4,7-12,15-20,23,28H,3,5-6,13-14H2,(H,34,37). The SMILES string of the molecule is C#CC(=O)N(c1cccc(C(F)(F)F)c1)C(C(=O)NC1CCCCC1)c1cccc(Oc2ccccc2)c1. The molecule has 0 heterocycles. The van der Waals surface area contributed by atoms with E-state index in [1.54, 1.807) is 48.5 Å². The number of rotatable bonds is 7. The molecule has 0 radical (unpaired) electrons. The van der Waals surface area contributed by atoms with Gasteiger partial charge in [0.1, 0.15) is 17.5 Å². The lowest BCUT2D eigenvalue weighted by atomic mass is 9.94. The van der Waals surface area contributed by atoms with E-state index >= 15 is 0 Å². The number of carbonyl (C=O) groups is 2. The highest BCUT2D eigenvalue weighted by Crippen LogP contribution is 2.36. The summed E-state index contributed by atoms with van der Waals surface area (Å²) >= 11 is 0. The lowest BCUT2D eigenvalue weighted by Gasteiger charge is -2.32. The molecule has 0 saturated heterocycles. The first kappa shape index (κ1) is 26.8. The molecule has 0 bridgehead atoms. The molecule has 1 saturated carbocycles. The highest BCUT2D eigenvalue weighted by atomic mass is 19.4. The summed E-state index contributed by atoms with van der Waals surface area (Å²) in [4.78, 5) is 27.8. The predicted molar refractivity (Wildman–Crippen MR) is 138 cm³/mol. The summed E-state index contributed by atoms with van der Waals surface area (Å²) in [5.74, 6) is 1.45. The summed E-state index contributed by atoms with van der Waals surface area (Å²) in [6.45, 7) is 0. The van der Waals surface area contributed by atoms with Crippen LogP contribution in [-0.2, 0) is 15.8 Å². The molecule has 1 aliphatic rings. The molecular formula is C30H27F3N2O3. The second-order valence-corrected chi connectivity index (χ2v) is 9.10. The maximum atomic E-state index is 13.8. The molecule has 0 aliphatic heterocycles. The first-order valence-electron chi connectivity index (χ1n) is 12.4. The van der Waals surface area contributed by atoms with Crippen LogP contribution in [0, 0.1) is 12.3 Å². The van der Waals surface area contributed by atoms with Crippen LogP contribution in [0.15, 0.2) is 78.9 Å². The van der Waals surface area contributed by atoms with Gasteiger partial charge in [-0.1, -0.05) is 55.7 Å². The molecule has 5 nitrogen and oxygen atoms in total. The minimum absolute atomic E-state index is 0.105. The maximum Gasteiger partial charge on any atom is 0.416 e. The quantitative estimate of drug-likeness (QED) is 0.355. The Hall–Kier alpha value is -4.25. The first-order valence-corrected chi connectivity index (χ1v) is 12.4. The fourth-order valence-corrected chi connectivity index (χ4v) is 4.60. The van der Waals surface area contributed by atoms with Gasteiger partial charge in [-0.25, -0.2) is 0 Å². The topological polar surface area (TPSA) is 58.6 Å². The van der Waals surface area contributed by atoms with Crippen molar-refractivity contribution in [3.8, 4) is 23.8 Å². The summed E-state index contributed by atoms with van der Waals surface area (Å²) in [7, 11) is 0. The molecule has 1 aliphatic carbocycles. The smallest absolute Gasteiger partial charge is 0.416 e. The van der Waals surface area contributed by atoms with Crippen LogP contribution in [0.5, 0.6) is 11.5 Å². The van der Waals surface area contributed by atoms with Crippen molar-refractivity contribution in [3.05, 3.63) is 90.0 Å². The van der Waals surface area contributed by atoms with Gasteiger partial charge in [-0.15, -0.1) is 6.42 Å². The van der Waals surface area contributed by atoms with Crippen LogP contribution in [0.2, 0.25) is 0 Å². The van der Waals surface area contributed by atoms with Gasteiger partial charge in [-0.3, -0.25) is 14.5 Å². The average molecular weight is 521 g/mol. The van der Waals surface area contributed by atoms with Crippen LogP contribution in [0.3, 0.4) is 0 Å². The van der Waals surface area contributed by atoms with E-state index in [0.29, 0.717) is 17.1 Å². The molecule has 38 heavy (non-hydrogen) atoms. The number of hydrogen-bond donors (Lipinski definition) is 1. The van der Waals surface area contributed by atoms with Crippen LogP contribution in [0.25, 0.3) is 0 Å². The molecule has 0 aromatic heterocycles. The third kappa shape index (κ3) is 6.54. The highest BCUT2D eigenvalue weighted by Gasteiger charge is 2.36. The van der Waals surface area contributed by atoms with Gasteiger partial charge in [0, 0.05) is 11.7 Å². The molecule has 1 fully saturated rings. The Labute approximate surface area is 219 Å². The zero-order valence-electron chi connectivity index (χ0n) is 20.6. The predicted octanol–water partition coefficient (Wildman–Crippen LogP) is 6.65. The number of nitrogens with zero attached hydrogens (tertiary/aromatic N) is 1. The van der Waals surface area contributed by atoms with Gasteiger partial charge in [0.2, 0.25) is 5.91 Å². The van der Waals surface area contributed by atoms with Crippen molar-refractivity contribution in [1.29, 1.82) is 0 Å². The minimum Gasteiger partial charge on any atom is -0.457 e. The molecule has 3 aromatic carbocycles.